The summed E-state index contributed by atoms with van der Waals surface area (Å²) >= 11 is 0. The van der Waals surface area contributed by atoms with Crippen LogP contribution in [-0.2, 0) is 4.79 Å². The molecule has 5 rings (SSSR count). The van der Waals surface area contributed by atoms with E-state index in [1.54, 1.807) is 24.8 Å². The maximum Gasteiger partial charge on any atom is 0.224 e. The van der Waals surface area contributed by atoms with Crippen molar-refractivity contribution in [1.82, 2.24) is 35.1 Å². The molecule has 0 bridgehead atoms. The van der Waals surface area contributed by atoms with Crippen molar-refractivity contribution in [3.05, 3.63) is 54.9 Å². The van der Waals surface area contributed by atoms with Crippen LogP contribution < -0.4 is 10.2 Å². The Bertz CT molecular complexity index is 1670. The van der Waals surface area contributed by atoms with E-state index in [0.717, 1.165) is 40.6 Å². The molecule has 0 spiro atoms. The second-order valence-electron chi connectivity index (χ2n) is 8.96. The Morgan fingerprint density at radius 1 is 1.21 bits per heavy atom. The number of rotatable bonds is 9. The number of allylic oxidation sites excluding steroid dienone is 1. The number of unbranched alkanes of at least 4 members (excludes halogenated alkanes) is 1. The molecule has 11 heteroatoms. The number of anilines is 2. The van der Waals surface area contributed by atoms with E-state index in [9.17, 15) is 4.79 Å². The summed E-state index contributed by atoms with van der Waals surface area (Å²) in [6.07, 6.45) is 11.0. The summed E-state index contributed by atoms with van der Waals surface area (Å²) < 4.78 is 0. The number of H-pyrrole nitrogens is 2. The van der Waals surface area contributed by atoms with Gasteiger partial charge in [0.1, 0.15) is 11.2 Å². The van der Waals surface area contributed by atoms with Gasteiger partial charge in [-0.25, -0.2) is 15.0 Å². The van der Waals surface area contributed by atoms with E-state index in [-0.39, 0.29) is 5.91 Å². The van der Waals surface area contributed by atoms with Crippen molar-refractivity contribution < 1.29 is 4.79 Å². The second kappa shape index (κ2) is 10.6. The molecule has 0 aliphatic rings. The zero-order valence-corrected chi connectivity index (χ0v) is 21.5. The summed E-state index contributed by atoms with van der Waals surface area (Å²) in [4.78, 5) is 39.5. The number of hydrogen-bond donors (Lipinski definition) is 3. The van der Waals surface area contributed by atoms with E-state index < -0.39 is 0 Å². The SMILES string of the molecule is C=N/C(C)=C\N(C)c1nccc2[nH]c(-c3n[nH]c4ncc(-c5cncc(NC(=O)CCCC)c5)cc34)nc12. The number of pyridine rings is 3. The molecule has 0 unspecified atom stereocenters. The number of carbonyl (C=O) groups excluding carboxylic acids is 1. The number of aromatic nitrogens is 7. The molecule has 1 amide bonds. The van der Waals surface area contributed by atoms with Gasteiger partial charge in [0.2, 0.25) is 5.91 Å². The van der Waals surface area contributed by atoms with Gasteiger partial charge in [0.25, 0.3) is 0 Å². The molecule has 5 aromatic rings. The third-order valence-corrected chi connectivity index (χ3v) is 6.10. The van der Waals surface area contributed by atoms with E-state index in [2.05, 4.69) is 54.1 Å². The van der Waals surface area contributed by atoms with Gasteiger partial charge in [0.15, 0.2) is 17.3 Å². The van der Waals surface area contributed by atoms with Crippen LogP contribution in [0.5, 0.6) is 0 Å². The molecule has 0 aromatic carbocycles. The van der Waals surface area contributed by atoms with E-state index in [1.807, 2.05) is 43.3 Å². The zero-order chi connectivity index (χ0) is 26.6. The van der Waals surface area contributed by atoms with Crippen LogP contribution in [0.25, 0.3) is 44.7 Å². The molecule has 0 atom stereocenters. The molecule has 11 nitrogen and oxygen atoms in total. The summed E-state index contributed by atoms with van der Waals surface area (Å²) in [5.41, 5.74) is 5.87. The summed E-state index contributed by atoms with van der Waals surface area (Å²) in [5.74, 6) is 1.24. The molecule has 5 heterocycles. The predicted octanol–water partition coefficient (Wildman–Crippen LogP) is 5.09. The first kappa shape index (κ1) is 24.8. The standard InChI is InChI=1S/C27H28N10O/c1-5-6-7-22(38)32-19-10-17(12-29-14-19)18-11-20-23(35-36-25(20)31-13-18)26-33-21-8-9-30-27(24(21)34-26)37(4)15-16(2)28-3/h8-15H,3,5-7H2,1-2,4H3,(H,32,38)(H,33,34)(H,31,35,36)/b16-15-. The molecular weight excluding hydrogens is 480 g/mol. The number of nitrogens with zero attached hydrogens (tertiary/aromatic N) is 7. The van der Waals surface area contributed by atoms with E-state index in [4.69, 9.17) is 4.98 Å². The summed E-state index contributed by atoms with van der Waals surface area (Å²) in [6.45, 7) is 7.49. The highest BCUT2D eigenvalue weighted by molar-refractivity contribution is 5.96. The van der Waals surface area contributed by atoms with E-state index >= 15 is 0 Å². The number of hydrogen-bond acceptors (Lipinski definition) is 8. The van der Waals surface area contributed by atoms with Crippen molar-refractivity contribution >= 4 is 46.2 Å². The van der Waals surface area contributed by atoms with Gasteiger partial charge >= 0.3 is 0 Å². The third-order valence-electron chi connectivity index (χ3n) is 6.10. The summed E-state index contributed by atoms with van der Waals surface area (Å²) in [7, 11) is 1.89. The summed E-state index contributed by atoms with van der Waals surface area (Å²) in [6, 6.07) is 5.75. The Hall–Kier alpha value is -4.93. The van der Waals surface area contributed by atoms with Crippen LogP contribution in [0.15, 0.2) is 59.9 Å². The number of aliphatic imine (C=N–C) groups is 1. The fourth-order valence-electron chi connectivity index (χ4n) is 4.14. The minimum atomic E-state index is -0.0210. The molecule has 0 radical (unpaired) electrons. The van der Waals surface area contributed by atoms with Gasteiger partial charge in [-0.1, -0.05) is 13.3 Å². The maximum absolute atomic E-state index is 12.2. The zero-order valence-electron chi connectivity index (χ0n) is 21.5. The molecule has 5 aromatic heterocycles. The number of aromatic amines is 2. The van der Waals surface area contributed by atoms with Crippen LogP contribution >= 0.6 is 0 Å². The minimum absolute atomic E-state index is 0.0210. The number of amides is 1. The average Bonchev–Trinajstić information content (AvgIpc) is 3.55. The second-order valence-corrected chi connectivity index (χ2v) is 8.96. The molecule has 3 N–H and O–H groups in total. The van der Waals surface area contributed by atoms with Crippen molar-refractivity contribution in [3.63, 3.8) is 0 Å². The maximum atomic E-state index is 12.2. The van der Waals surface area contributed by atoms with Gasteiger partial charge in [-0.15, -0.1) is 0 Å². The quantitative estimate of drug-likeness (QED) is 0.236. The fourth-order valence-corrected chi connectivity index (χ4v) is 4.14. The van der Waals surface area contributed by atoms with Crippen LogP contribution in [0.2, 0.25) is 0 Å². The smallest absolute Gasteiger partial charge is 0.224 e. The monoisotopic (exact) mass is 508 g/mol. The first-order valence-corrected chi connectivity index (χ1v) is 12.3. The summed E-state index contributed by atoms with van der Waals surface area (Å²) in [5, 5.41) is 11.2. The molecule has 0 aliphatic carbocycles. The van der Waals surface area contributed by atoms with Crippen molar-refractivity contribution in [2.45, 2.75) is 33.1 Å². The fraction of sp³-hybridized carbons (Fsp3) is 0.222. The lowest BCUT2D eigenvalue weighted by Gasteiger charge is -2.13. The van der Waals surface area contributed by atoms with E-state index in [1.165, 1.54) is 0 Å². The van der Waals surface area contributed by atoms with Crippen LogP contribution in [0.4, 0.5) is 11.5 Å². The van der Waals surface area contributed by atoms with E-state index in [0.29, 0.717) is 40.6 Å². The Morgan fingerprint density at radius 2 is 2.05 bits per heavy atom. The predicted molar refractivity (Wildman–Crippen MR) is 150 cm³/mol. The molecule has 0 fully saturated rings. The number of carbonyl (C=O) groups is 1. The molecule has 38 heavy (non-hydrogen) atoms. The highest BCUT2D eigenvalue weighted by Crippen LogP contribution is 2.31. The van der Waals surface area contributed by atoms with Crippen LogP contribution in [0, 0.1) is 0 Å². The molecule has 0 aliphatic heterocycles. The highest BCUT2D eigenvalue weighted by Gasteiger charge is 2.17. The van der Waals surface area contributed by atoms with Gasteiger partial charge in [0.05, 0.1) is 28.5 Å². The largest absolute Gasteiger partial charge is 0.336 e. The van der Waals surface area contributed by atoms with Gasteiger partial charge in [-0.05, 0) is 38.3 Å². The Kier molecular flexibility index (Phi) is 6.90. The molecule has 0 saturated carbocycles. The lowest BCUT2D eigenvalue weighted by Crippen LogP contribution is -2.11. The molecule has 192 valence electrons. The lowest BCUT2D eigenvalue weighted by molar-refractivity contribution is -0.116. The normalized spacial score (nSPS) is 11.7. The van der Waals surface area contributed by atoms with Gasteiger partial charge in [-0.3, -0.25) is 19.9 Å². The third kappa shape index (κ3) is 4.99. The van der Waals surface area contributed by atoms with Crippen molar-refractivity contribution in [1.29, 1.82) is 0 Å². The van der Waals surface area contributed by atoms with Crippen LogP contribution in [0.1, 0.15) is 33.1 Å². The minimum Gasteiger partial charge on any atom is -0.336 e. The lowest BCUT2D eigenvalue weighted by atomic mass is 10.1. The highest BCUT2D eigenvalue weighted by atomic mass is 16.1. The molecular formula is C27H28N10O. The first-order chi connectivity index (χ1) is 18.5. The van der Waals surface area contributed by atoms with Gasteiger partial charge < -0.3 is 15.2 Å². The topological polar surface area (TPSA) is 141 Å². The number of imidazole rings is 1. The Labute approximate surface area is 219 Å². The van der Waals surface area contributed by atoms with Crippen LogP contribution in [0.3, 0.4) is 0 Å². The molecule has 0 saturated heterocycles. The van der Waals surface area contributed by atoms with Gasteiger partial charge in [0, 0.05) is 49.4 Å². The first-order valence-electron chi connectivity index (χ1n) is 12.3. The Morgan fingerprint density at radius 3 is 2.87 bits per heavy atom. The van der Waals surface area contributed by atoms with Crippen molar-refractivity contribution in [3.8, 4) is 22.6 Å². The van der Waals surface area contributed by atoms with Crippen molar-refractivity contribution in [2.24, 2.45) is 4.99 Å². The average molecular weight is 509 g/mol. The Balaban J connectivity index is 1.50. The number of nitrogens with one attached hydrogen (secondary N) is 3. The van der Waals surface area contributed by atoms with Crippen LogP contribution in [-0.4, -0.2) is 54.8 Å². The van der Waals surface area contributed by atoms with Crippen molar-refractivity contribution in [2.75, 3.05) is 17.3 Å². The van der Waals surface area contributed by atoms with Gasteiger partial charge in [-0.2, -0.15) is 5.10 Å². The number of fused-ring (bicyclic) bond motifs is 2.